The molecule has 3 heterocycles. The average molecular weight is 423 g/mol. The van der Waals surface area contributed by atoms with E-state index in [2.05, 4.69) is 19.2 Å². The molecule has 1 saturated heterocycles. The number of nitrogens with zero attached hydrogens (tertiary/aromatic N) is 3. The van der Waals surface area contributed by atoms with Gasteiger partial charge in [-0.3, -0.25) is 9.59 Å². The summed E-state index contributed by atoms with van der Waals surface area (Å²) in [4.78, 5) is 31.9. The highest BCUT2D eigenvalue weighted by Crippen LogP contribution is 2.31. The number of piperazine rings is 1. The van der Waals surface area contributed by atoms with E-state index in [1.54, 1.807) is 36.9 Å². The third-order valence-electron chi connectivity index (χ3n) is 5.76. The highest BCUT2D eigenvalue weighted by atomic mass is 19.1. The van der Waals surface area contributed by atoms with Gasteiger partial charge in [0.2, 0.25) is 5.91 Å². The molecule has 4 rings (SSSR count). The molecular weight excluding hydrogens is 395 g/mol. The Morgan fingerprint density at radius 2 is 1.90 bits per heavy atom. The molecule has 0 atom stereocenters. The van der Waals surface area contributed by atoms with Gasteiger partial charge < -0.3 is 14.8 Å². The van der Waals surface area contributed by atoms with Gasteiger partial charge in [-0.1, -0.05) is 26.0 Å². The van der Waals surface area contributed by atoms with E-state index >= 15 is 0 Å². The van der Waals surface area contributed by atoms with Gasteiger partial charge in [-0.25, -0.2) is 9.37 Å². The first-order valence-corrected chi connectivity index (χ1v) is 10.5. The minimum absolute atomic E-state index is 0.171. The molecule has 1 aliphatic heterocycles. The Bertz CT molecular complexity index is 1150. The molecule has 2 amide bonds. The molecule has 1 aliphatic rings. The summed E-state index contributed by atoms with van der Waals surface area (Å²) in [6.07, 6.45) is 2.01. The number of nitrogens with one attached hydrogen (secondary N) is 1. The molecule has 162 valence electrons. The molecule has 0 bridgehead atoms. The number of carbonyl (C=O) groups is 2. The van der Waals surface area contributed by atoms with Crippen LogP contribution in [-0.4, -0.2) is 44.9 Å². The van der Waals surface area contributed by atoms with Crippen molar-refractivity contribution in [3.05, 3.63) is 54.1 Å². The number of halogens is 1. The van der Waals surface area contributed by atoms with Crippen molar-refractivity contribution in [3.8, 4) is 11.1 Å². The fourth-order valence-corrected chi connectivity index (χ4v) is 4.07. The Kier molecular flexibility index (Phi) is 5.29. The number of amides is 2. The third-order valence-corrected chi connectivity index (χ3v) is 5.76. The second-order valence-corrected chi connectivity index (χ2v) is 8.94. The van der Waals surface area contributed by atoms with Crippen LogP contribution in [0.25, 0.3) is 22.2 Å². The number of pyridine rings is 1. The lowest BCUT2D eigenvalue weighted by atomic mass is 9.98. The number of carbonyl (C=O) groups excluding carboxylic acids is 2. The van der Waals surface area contributed by atoms with E-state index in [1.807, 2.05) is 16.8 Å². The molecule has 1 aromatic carbocycles. The Morgan fingerprint density at radius 3 is 2.58 bits per heavy atom. The van der Waals surface area contributed by atoms with Crippen molar-refractivity contribution in [3.63, 3.8) is 0 Å². The molecule has 31 heavy (non-hydrogen) atoms. The Balaban J connectivity index is 1.80. The molecule has 0 saturated carbocycles. The number of hydrogen-bond acceptors (Lipinski definition) is 3. The Labute approximate surface area is 181 Å². The minimum Gasteiger partial charge on any atom is -0.352 e. The fraction of sp³-hybridized carbons (Fsp3) is 0.375. The lowest BCUT2D eigenvalue weighted by Gasteiger charge is -2.40. The summed E-state index contributed by atoms with van der Waals surface area (Å²) in [5, 5.41) is 3.71. The summed E-state index contributed by atoms with van der Waals surface area (Å²) < 4.78 is 15.5. The van der Waals surface area contributed by atoms with Crippen LogP contribution in [-0.2, 0) is 11.3 Å². The topological polar surface area (TPSA) is 67.2 Å². The van der Waals surface area contributed by atoms with Gasteiger partial charge >= 0.3 is 0 Å². The van der Waals surface area contributed by atoms with Gasteiger partial charge in [-0.05, 0) is 49.6 Å². The zero-order valence-corrected chi connectivity index (χ0v) is 18.3. The van der Waals surface area contributed by atoms with E-state index in [0.29, 0.717) is 30.3 Å². The number of hydrogen-bond donors (Lipinski definition) is 1. The van der Waals surface area contributed by atoms with Crippen LogP contribution in [0, 0.1) is 11.7 Å². The smallest absolute Gasteiger partial charge is 0.273 e. The normalized spacial score (nSPS) is 16.1. The van der Waals surface area contributed by atoms with E-state index in [9.17, 15) is 14.0 Å². The van der Waals surface area contributed by atoms with Gasteiger partial charge in [-0.15, -0.1) is 0 Å². The summed E-state index contributed by atoms with van der Waals surface area (Å²) in [5.74, 6) is -0.339. The lowest BCUT2D eigenvalue weighted by Crippen LogP contribution is -2.63. The molecule has 0 spiro atoms. The summed E-state index contributed by atoms with van der Waals surface area (Å²) in [6.45, 7) is 9.32. The van der Waals surface area contributed by atoms with Crippen LogP contribution in [0.4, 0.5) is 4.39 Å². The summed E-state index contributed by atoms with van der Waals surface area (Å²) >= 11 is 0. The van der Waals surface area contributed by atoms with Crippen LogP contribution < -0.4 is 5.32 Å². The maximum Gasteiger partial charge on any atom is 0.273 e. The van der Waals surface area contributed by atoms with Gasteiger partial charge in [0.15, 0.2) is 0 Å². The monoisotopic (exact) mass is 422 g/mol. The van der Waals surface area contributed by atoms with Crippen molar-refractivity contribution in [2.24, 2.45) is 5.92 Å². The molecule has 1 fully saturated rings. The maximum atomic E-state index is 13.4. The second kappa shape index (κ2) is 7.80. The maximum absolute atomic E-state index is 13.4. The summed E-state index contributed by atoms with van der Waals surface area (Å²) in [5.41, 5.74) is 1.91. The average Bonchev–Trinajstić information content (AvgIpc) is 3.07. The Hall–Kier alpha value is -3.22. The Morgan fingerprint density at radius 1 is 1.19 bits per heavy atom. The molecule has 6 nitrogen and oxygen atoms in total. The summed E-state index contributed by atoms with van der Waals surface area (Å²) in [7, 11) is 0. The number of benzene rings is 1. The minimum atomic E-state index is -0.939. The van der Waals surface area contributed by atoms with E-state index in [-0.39, 0.29) is 17.6 Å². The first-order chi connectivity index (χ1) is 14.7. The molecule has 7 heteroatoms. The van der Waals surface area contributed by atoms with E-state index in [4.69, 9.17) is 4.98 Å². The van der Waals surface area contributed by atoms with Gasteiger partial charge in [0.25, 0.3) is 5.91 Å². The molecule has 0 radical (unpaired) electrons. The van der Waals surface area contributed by atoms with Crippen LogP contribution in [0.2, 0.25) is 0 Å². The molecule has 3 aromatic rings. The van der Waals surface area contributed by atoms with Crippen molar-refractivity contribution >= 4 is 22.8 Å². The van der Waals surface area contributed by atoms with Crippen molar-refractivity contribution < 1.29 is 14.0 Å². The molecule has 2 aromatic heterocycles. The number of fused-ring (bicyclic) bond motifs is 1. The molecule has 0 unspecified atom stereocenters. The fourth-order valence-electron chi connectivity index (χ4n) is 4.07. The van der Waals surface area contributed by atoms with Crippen LogP contribution >= 0.6 is 0 Å². The van der Waals surface area contributed by atoms with Crippen LogP contribution in [0.1, 0.15) is 38.2 Å². The SMILES string of the molecule is CC(C)Cn1cc(-c2ccc(F)cc2)c2ccc(C(=O)N3CCNC(=O)C3(C)C)nc21. The highest BCUT2D eigenvalue weighted by molar-refractivity contribution is 6.01. The highest BCUT2D eigenvalue weighted by Gasteiger charge is 2.41. The first kappa shape index (κ1) is 21.0. The van der Waals surface area contributed by atoms with Crippen molar-refractivity contribution in [1.29, 1.82) is 0 Å². The van der Waals surface area contributed by atoms with Gasteiger partial charge in [0.05, 0.1) is 0 Å². The van der Waals surface area contributed by atoms with Crippen LogP contribution in [0.5, 0.6) is 0 Å². The quantitative estimate of drug-likeness (QED) is 0.695. The molecule has 0 aliphatic carbocycles. The van der Waals surface area contributed by atoms with Crippen molar-refractivity contribution in [1.82, 2.24) is 19.8 Å². The summed E-state index contributed by atoms with van der Waals surface area (Å²) in [6, 6.07) is 9.98. The zero-order chi connectivity index (χ0) is 22.3. The second-order valence-electron chi connectivity index (χ2n) is 8.94. The molecule has 1 N–H and O–H groups in total. The van der Waals surface area contributed by atoms with Crippen molar-refractivity contribution in [2.45, 2.75) is 39.8 Å². The predicted molar refractivity (Wildman–Crippen MR) is 118 cm³/mol. The lowest BCUT2D eigenvalue weighted by molar-refractivity contribution is -0.133. The van der Waals surface area contributed by atoms with E-state index in [1.165, 1.54) is 12.1 Å². The van der Waals surface area contributed by atoms with Gasteiger partial charge in [0, 0.05) is 36.8 Å². The van der Waals surface area contributed by atoms with E-state index < -0.39 is 5.54 Å². The first-order valence-electron chi connectivity index (χ1n) is 10.5. The standard InChI is InChI=1S/C24H27FN4O2/c1-15(2)13-28-14-19(16-5-7-17(25)8-6-16)18-9-10-20(27-21(18)28)22(30)29-12-11-26-23(31)24(29,3)4/h5-10,14-15H,11-13H2,1-4H3,(H,26,31). The van der Waals surface area contributed by atoms with Crippen LogP contribution in [0.3, 0.4) is 0 Å². The van der Waals surface area contributed by atoms with Gasteiger partial charge in [0.1, 0.15) is 22.7 Å². The van der Waals surface area contributed by atoms with Crippen molar-refractivity contribution in [2.75, 3.05) is 13.1 Å². The zero-order valence-electron chi connectivity index (χ0n) is 18.3. The number of aromatic nitrogens is 2. The third kappa shape index (κ3) is 3.80. The number of rotatable bonds is 4. The largest absolute Gasteiger partial charge is 0.352 e. The van der Waals surface area contributed by atoms with E-state index in [0.717, 1.165) is 23.1 Å². The van der Waals surface area contributed by atoms with Gasteiger partial charge in [-0.2, -0.15) is 0 Å². The molecular formula is C24H27FN4O2. The van der Waals surface area contributed by atoms with Crippen LogP contribution in [0.15, 0.2) is 42.6 Å². The predicted octanol–water partition coefficient (Wildman–Crippen LogP) is 3.85.